The number of benzene rings is 10. The molecule has 2 aliphatic heterocycles. The van der Waals surface area contributed by atoms with Gasteiger partial charge in [0.05, 0.1) is 16.8 Å². The van der Waals surface area contributed by atoms with Crippen molar-refractivity contribution in [3.05, 3.63) is 262 Å². The van der Waals surface area contributed by atoms with Gasteiger partial charge in [-0.05, 0) is 112 Å². The highest BCUT2D eigenvalue weighted by Gasteiger charge is 2.52. The van der Waals surface area contributed by atoms with Gasteiger partial charge in [-0.3, -0.25) is 4.99 Å². The van der Waals surface area contributed by atoms with Gasteiger partial charge in [0.1, 0.15) is 5.37 Å². The van der Waals surface area contributed by atoms with E-state index < -0.39 is 5.41 Å². The summed E-state index contributed by atoms with van der Waals surface area (Å²) in [5, 5.41) is 16.8. The number of allylic oxidation sites excluding steroid dienone is 1. The van der Waals surface area contributed by atoms with E-state index in [2.05, 4.69) is 206 Å². The molecule has 4 aliphatic rings. The molecule has 2 aliphatic carbocycles. The van der Waals surface area contributed by atoms with Gasteiger partial charge in [0.2, 0.25) is 0 Å². The van der Waals surface area contributed by atoms with Crippen LogP contribution in [0.25, 0.3) is 65.6 Å². The molecule has 14 rings (SSSR count). The minimum Gasteiger partial charge on any atom is -0.659 e. The average molecular weight is 833 g/mol. The fourth-order valence-corrected chi connectivity index (χ4v) is 12.3. The molecule has 10 aromatic rings. The van der Waals surface area contributed by atoms with E-state index in [9.17, 15) is 0 Å². The fourth-order valence-electron chi connectivity index (χ4n) is 11.2. The second-order valence-corrected chi connectivity index (χ2v) is 18.5. The number of thioether (sulfide) groups is 1. The highest BCUT2D eigenvalue weighted by Crippen LogP contribution is 2.64. The van der Waals surface area contributed by atoms with E-state index in [-0.39, 0.29) is 11.5 Å². The second-order valence-electron chi connectivity index (χ2n) is 17.4. The zero-order chi connectivity index (χ0) is 41.9. The first kappa shape index (κ1) is 35.9. The van der Waals surface area contributed by atoms with E-state index in [4.69, 9.17) is 10.3 Å². The van der Waals surface area contributed by atoms with Crippen LogP contribution >= 0.6 is 11.8 Å². The van der Waals surface area contributed by atoms with E-state index in [0.717, 1.165) is 28.1 Å². The lowest BCUT2D eigenvalue weighted by atomic mass is 9.70. The number of rotatable bonds is 4. The van der Waals surface area contributed by atoms with Gasteiger partial charge in [-0.2, -0.15) is 0 Å². The first-order valence-electron chi connectivity index (χ1n) is 22.1. The Morgan fingerprint density at radius 2 is 1.09 bits per heavy atom. The van der Waals surface area contributed by atoms with Crippen LogP contribution in [-0.4, -0.2) is 5.71 Å². The Hall–Kier alpha value is -7.66. The number of hydrogen-bond acceptors (Lipinski definition) is 3. The predicted octanol–water partition coefficient (Wildman–Crippen LogP) is 15.6. The minimum atomic E-state index is -0.414. The van der Waals surface area contributed by atoms with Crippen LogP contribution in [0.4, 0.5) is 5.69 Å². The first-order valence-corrected chi connectivity index (χ1v) is 23.0. The number of hydrogen-bond donors (Lipinski definition) is 1. The van der Waals surface area contributed by atoms with Crippen LogP contribution in [-0.2, 0) is 5.41 Å². The van der Waals surface area contributed by atoms with Crippen molar-refractivity contribution in [1.29, 1.82) is 0 Å². The van der Waals surface area contributed by atoms with E-state index in [1.54, 1.807) is 0 Å². The summed E-state index contributed by atoms with van der Waals surface area (Å²) in [7, 11) is 0. The molecule has 0 bridgehead atoms. The van der Waals surface area contributed by atoms with Crippen molar-refractivity contribution >= 4 is 61.2 Å². The van der Waals surface area contributed by atoms with Gasteiger partial charge in [0, 0.05) is 16.4 Å². The molecular formula is C60H38N3S-. The lowest BCUT2D eigenvalue weighted by Gasteiger charge is -2.37. The Balaban J connectivity index is 0.865. The normalized spacial score (nSPS) is 18.8. The zero-order valence-corrected chi connectivity index (χ0v) is 35.5. The van der Waals surface area contributed by atoms with Crippen LogP contribution in [0.5, 0.6) is 0 Å². The van der Waals surface area contributed by atoms with Crippen LogP contribution < -0.4 is 5.32 Å². The molecule has 0 saturated carbocycles. The van der Waals surface area contributed by atoms with Crippen molar-refractivity contribution in [2.75, 3.05) is 5.32 Å². The third-order valence-corrected chi connectivity index (χ3v) is 15.2. The Labute approximate surface area is 375 Å². The number of fused-ring (bicyclic) bond motifs is 16. The molecule has 3 atom stereocenters. The molecule has 64 heavy (non-hydrogen) atoms. The topological polar surface area (TPSA) is 38.5 Å². The van der Waals surface area contributed by atoms with Crippen LogP contribution in [0.2, 0.25) is 0 Å². The molecular weight excluding hydrogens is 795 g/mol. The van der Waals surface area contributed by atoms with E-state index >= 15 is 0 Å². The summed E-state index contributed by atoms with van der Waals surface area (Å²) in [6.07, 6.45) is 1.76. The lowest BCUT2D eigenvalue weighted by Crippen LogP contribution is -2.26. The van der Waals surface area contributed by atoms with Gasteiger partial charge in [0.25, 0.3) is 0 Å². The summed E-state index contributed by atoms with van der Waals surface area (Å²) >= 11 is 1.92. The Bertz CT molecular complexity index is 3670. The third-order valence-electron chi connectivity index (χ3n) is 14.0. The molecule has 2 heterocycles. The number of nitrogens with one attached hydrogen (secondary N) is 1. The molecule has 3 nitrogen and oxygen atoms in total. The number of anilines is 1. The molecule has 0 saturated heterocycles. The number of aliphatic imine (C=N–C) groups is 1. The van der Waals surface area contributed by atoms with Crippen molar-refractivity contribution < 1.29 is 0 Å². The van der Waals surface area contributed by atoms with Crippen molar-refractivity contribution in [1.82, 2.24) is 0 Å². The third kappa shape index (κ3) is 5.15. The minimum absolute atomic E-state index is 0.0453. The van der Waals surface area contributed by atoms with E-state index in [1.807, 2.05) is 23.9 Å². The number of nitrogens with zero attached hydrogens (tertiary/aromatic N) is 2. The molecule has 0 amide bonds. The Morgan fingerprint density at radius 3 is 1.89 bits per heavy atom. The van der Waals surface area contributed by atoms with Gasteiger partial charge in [-0.25, -0.2) is 0 Å². The van der Waals surface area contributed by atoms with Crippen molar-refractivity contribution in [2.24, 2.45) is 4.99 Å². The molecule has 0 aromatic heterocycles. The fraction of sp³-hybridized carbons (Fsp3) is 0.0500. The summed E-state index contributed by atoms with van der Waals surface area (Å²) in [6, 6.07) is 76.0. The lowest BCUT2D eigenvalue weighted by molar-refractivity contribution is 0.792. The smallest absolute Gasteiger partial charge is 0.103 e. The SMILES string of the molecule is C1=C(c2ccccc2)[N-]C(c2ccc3c(ccc4ccc5c(c43)NC(c3ccc4c(c3)C3(c6ccccc6-4)c4ccccc4-c4cc6ccccc6cc43)S5)c2)N=C1c1ccccc1. The summed E-state index contributed by atoms with van der Waals surface area (Å²) in [5.74, 6) is 0. The molecule has 0 radical (unpaired) electrons. The highest BCUT2D eigenvalue weighted by molar-refractivity contribution is 8.00. The maximum absolute atomic E-state index is 5.23. The Kier molecular flexibility index (Phi) is 7.66. The van der Waals surface area contributed by atoms with Gasteiger partial charge < -0.3 is 10.6 Å². The monoisotopic (exact) mass is 832 g/mol. The van der Waals surface area contributed by atoms with Gasteiger partial charge in [0.15, 0.2) is 0 Å². The second kappa shape index (κ2) is 13.7. The van der Waals surface area contributed by atoms with Gasteiger partial charge >= 0.3 is 0 Å². The molecule has 1 N–H and O–H groups in total. The zero-order valence-electron chi connectivity index (χ0n) is 34.7. The molecule has 0 fully saturated rings. The molecule has 3 unspecified atom stereocenters. The summed E-state index contributed by atoms with van der Waals surface area (Å²) < 4.78 is 0. The summed E-state index contributed by atoms with van der Waals surface area (Å²) in [5.41, 5.74) is 18.0. The van der Waals surface area contributed by atoms with Crippen molar-refractivity contribution in [3.8, 4) is 22.3 Å². The van der Waals surface area contributed by atoms with Gasteiger partial charge in [-0.15, -0.1) is 5.70 Å². The van der Waals surface area contributed by atoms with Crippen LogP contribution in [0.3, 0.4) is 0 Å². The van der Waals surface area contributed by atoms with Crippen LogP contribution in [0, 0.1) is 0 Å². The molecule has 300 valence electrons. The Morgan fingerprint density at radius 1 is 0.469 bits per heavy atom. The quantitative estimate of drug-likeness (QED) is 0.179. The largest absolute Gasteiger partial charge is 0.659 e. The average Bonchev–Trinajstić information content (AvgIpc) is 4.03. The summed E-state index contributed by atoms with van der Waals surface area (Å²) in [6.45, 7) is 0. The van der Waals surface area contributed by atoms with Gasteiger partial charge in [-0.1, -0.05) is 206 Å². The van der Waals surface area contributed by atoms with E-state index in [1.165, 1.54) is 93.0 Å². The standard InChI is InChI=1S/C60H38N3S/c1-3-13-36(14-4-1)53-35-54(37-15-5-2-6-16-37)62-58(61-53)42-25-28-44-41(31-42)24-23-38-27-30-55-57(56(38)44)63-59(64-55)43-26-29-47-45-19-9-11-21-49(45)60(51(47)34-43)50-22-12-10-20-46(50)48-32-39-17-7-8-18-40(39)33-52(48)60/h1-35,58-59,63H/q-1. The van der Waals surface area contributed by atoms with E-state index in [0.29, 0.717) is 0 Å². The highest BCUT2D eigenvalue weighted by atomic mass is 32.2. The van der Waals surface area contributed by atoms with Crippen molar-refractivity contribution in [2.45, 2.75) is 21.9 Å². The maximum Gasteiger partial charge on any atom is 0.103 e. The summed E-state index contributed by atoms with van der Waals surface area (Å²) in [4.78, 5) is 6.50. The predicted molar refractivity (Wildman–Crippen MR) is 267 cm³/mol. The first-order chi connectivity index (χ1) is 31.7. The van der Waals surface area contributed by atoms with Crippen LogP contribution in [0.1, 0.15) is 56.0 Å². The molecule has 10 aromatic carbocycles. The van der Waals surface area contributed by atoms with Crippen LogP contribution in [0.15, 0.2) is 222 Å². The molecule has 1 spiro atoms. The van der Waals surface area contributed by atoms with Crippen molar-refractivity contribution in [3.63, 3.8) is 0 Å². The maximum atomic E-state index is 5.23. The molecule has 4 heteroatoms.